The van der Waals surface area contributed by atoms with Crippen molar-refractivity contribution in [3.63, 3.8) is 0 Å². The number of Topliss-reactive ketones (excluding diaryl/α,β-unsaturated/α-hetero) is 1. The molecular weight excluding hydrogens is 362 g/mol. The number of aryl methyl sites for hydroxylation is 1. The van der Waals surface area contributed by atoms with E-state index in [0.717, 1.165) is 35.4 Å². The van der Waals surface area contributed by atoms with Crippen LogP contribution in [0.2, 0.25) is 0 Å². The number of carbonyl (C=O) groups excluding carboxylic acids is 2. The SMILES string of the molecule is CC(=O)c1ccc2c(c1)N(C(=O)c1ccc(OCc3ccccc3)cc1)CCC2. The van der Waals surface area contributed by atoms with Crippen LogP contribution in [0.1, 0.15) is 45.2 Å². The maximum atomic E-state index is 13.1. The van der Waals surface area contributed by atoms with Crippen LogP contribution >= 0.6 is 0 Å². The number of ether oxygens (including phenoxy) is 1. The number of ketones is 1. The second kappa shape index (κ2) is 8.31. The molecule has 0 fully saturated rings. The third-order valence-corrected chi connectivity index (χ3v) is 5.21. The van der Waals surface area contributed by atoms with Gasteiger partial charge in [0.1, 0.15) is 12.4 Å². The molecule has 0 aromatic heterocycles. The first-order valence-corrected chi connectivity index (χ1v) is 9.84. The topological polar surface area (TPSA) is 46.6 Å². The van der Waals surface area contributed by atoms with Crippen LogP contribution in [0.3, 0.4) is 0 Å². The summed E-state index contributed by atoms with van der Waals surface area (Å²) in [6.45, 7) is 2.69. The molecule has 4 heteroatoms. The highest BCUT2D eigenvalue weighted by molar-refractivity contribution is 6.07. The number of hydrogen-bond acceptors (Lipinski definition) is 3. The molecule has 0 bridgehead atoms. The summed E-state index contributed by atoms with van der Waals surface area (Å²) in [5.74, 6) is 0.676. The number of amides is 1. The number of hydrogen-bond donors (Lipinski definition) is 0. The van der Waals surface area contributed by atoms with Gasteiger partial charge in [-0.1, -0.05) is 42.5 Å². The molecule has 0 radical (unpaired) electrons. The molecule has 0 saturated carbocycles. The molecule has 0 saturated heterocycles. The summed E-state index contributed by atoms with van der Waals surface area (Å²) >= 11 is 0. The zero-order valence-electron chi connectivity index (χ0n) is 16.4. The fourth-order valence-electron chi connectivity index (χ4n) is 3.60. The minimum atomic E-state index is -0.0544. The Morgan fingerprint density at radius 3 is 2.38 bits per heavy atom. The molecule has 29 heavy (non-hydrogen) atoms. The smallest absolute Gasteiger partial charge is 0.258 e. The predicted octanol–water partition coefficient (Wildman–Crippen LogP) is 5.06. The van der Waals surface area contributed by atoms with Crippen LogP contribution in [0.25, 0.3) is 0 Å². The summed E-state index contributed by atoms with van der Waals surface area (Å²) in [4.78, 5) is 26.7. The molecule has 0 unspecified atom stereocenters. The Kier molecular flexibility index (Phi) is 5.43. The van der Waals surface area contributed by atoms with E-state index in [2.05, 4.69) is 0 Å². The number of carbonyl (C=O) groups is 2. The lowest BCUT2D eigenvalue weighted by atomic mass is 9.97. The van der Waals surface area contributed by atoms with Gasteiger partial charge in [-0.3, -0.25) is 9.59 Å². The molecule has 3 aromatic rings. The highest BCUT2D eigenvalue weighted by atomic mass is 16.5. The lowest BCUT2D eigenvalue weighted by molar-refractivity contribution is 0.0981. The first kappa shape index (κ1) is 18.9. The lowest BCUT2D eigenvalue weighted by Crippen LogP contribution is -2.35. The Bertz CT molecular complexity index is 1030. The van der Waals surface area contributed by atoms with Crippen LogP contribution in [-0.2, 0) is 13.0 Å². The molecule has 146 valence electrons. The van der Waals surface area contributed by atoms with Crippen LogP contribution in [0.5, 0.6) is 5.75 Å². The van der Waals surface area contributed by atoms with Crippen molar-refractivity contribution in [1.82, 2.24) is 0 Å². The van der Waals surface area contributed by atoms with E-state index in [9.17, 15) is 9.59 Å². The minimum absolute atomic E-state index is 0.00527. The Labute approximate surface area is 170 Å². The summed E-state index contributed by atoms with van der Waals surface area (Å²) in [7, 11) is 0. The van der Waals surface area contributed by atoms with E-state index in [-0.39, 0.29) is 11.7 Å². The highest BCUT2D eigenvalue weighted by Crippen LogP contribution is 2.30. The summed E-state index contributed by atoms with van der Waals surface area (Å²) in [5, 5.41) is 0. The molecule has 4 nitrogen and oxygen atoms in total. The molecule has 0 aliphatic carbocycles. The van der Waals surface area contributed by atoms with Crippen LogP contribution in [0.4, 0.5) is 5.69 Å². The van der Waals surface area contributed by atoms with Gasteiger partial charge in [-0.25, -0.2) is 0 Å². The molecule has 4 rings (SSSR count). The van der Waals surface area contributed by atoms with Crippen molar-refractivity contribution in [2.24, 2.45) is 0 Å². The Morgan fingerprint density at radius 1 is 0.931 bits per heavy atom. The number of rotatable bonds is 5. The molecule has 1 aliphatic rings. The van der Waals surface area contributed by atoms with Crippen LogP contribution in [0.15, 0.2) is 72.8 Å². The second-order valence-electron chi connectivity index (χ2n) is 7.26. The van der Waals surface area contributed by atoms with Gasteiger partial charge in [0, 0.05) is 23.4 Å². The molecule has 1 amide bonds. The molecule has 0 N–H and O–H groups in total. The van der Waals surface area contributed by atoms with E-state index in [1.54, 1.807) is 24.0 Å². The van der Waals surface area contributed by atoms with E-state index in [0.29, 0.717) is 24.3 Å². The van der Waals surface area contributed by atoms with Gasteiger partial charge in [-0.2, -0.15) is 0 Å². The number of benzene rings is 3. The standard InChI is InChI=1S/C25H23NO3/c1-18(27)22-10-9-20-8-5-15-26(24(20)16-22)25(28)21-11-13-23(14-12-21)29-17-19-6-3-2-4-7-19/h2-4,6-7,9-14,16H,5,8,15,17H2,1H3. The van der Waals surface area contributed by atoms with Crippen molar-refractivity contribution in [2.45, 2.75) is 26.4 Å². The van der Waals surface area contributed by atoms with Crippen molar-refractivity contribution in [3.8, 4) is 5.75 Å². The van der Waals surface area contributed by atoms with Crippen LogP contribution in [-0.4, -0.2) is 18.2 Å². The molecule has 1 heterocycles. The first-order valence-electron chi connectivity index (χ1n) is 9.84. The maximum Gasteiger partial charge on any atom is 0.258 e. The van der Waals surface area contributed by atoms with E-state index in [4.69, 9.17) is 4.74 Å². The fourth-order valence-corrected chi connectivity index (χ4v) is 3.60. The van der Waals surface area contributed by atoms with Crippen molar-refractivity contribution >= 4 is 17.4 Å². The van der Waals surface area contributed by atoms with Crippen molar-refractivity contribution < 1.29 is 14.3 Å². The van der Waals surface area contributed by atoms with E-state index in [1.807, 2.05) is 60.7 Å². The second-order valence-corrected chi connectivity index (χ2v) is 7.26. The number of nitrogens with zero attached hydrogens (tertiary/aromatic N) is 1. The number of fused-ring (bicyclic) bond motifs is 1. The van der Waals surface area contributed by atoms with Gasteiger partial charge in [0.2, 0.25) is 0 Å². The maximum absolute atomic E-state index is 13.1. The van der Waals surface area contributed by atoms with Gasteiger partial charge < -0.3 is 9.64 Å². The van der Waals surface area contributed by atoms with Crippen molar-refractivity contribution in [2.75, 3.05) is 11.4 Å². The van der Waals surface area contributed by atoms with E-state index in [1.165, 1.54) is 0 Å². The van der Waals surface area contributed by atoms with Crippen LogP contribution in [0, 0.1) is 0 Å². The molecule has 0 spiro atoms. The Hall–Kier alpha value is -3.40. The molecule has 0 atom stereocenters. The molecular formula is C25H23NO3. The lowest BCUT2D eigenvalue weighted by Gasteiger charge is -2.30. The van der Waals surface area contributed by atoms with E-state index < -0.39 is 0 Å². The van der Waals surface area contributed by atoms with Crippen molar-refractivity contribution in [3.05, 3.63) is 95.1 Å². The minimum Gasteiger partial charge on any atom is -0.489 e. The normalized spacial score (nSPS) is 12.9. The zero-order valence-corrected chi connectivity index (χ0v) is 16.4. The average molecular weight is 385 g/mol. The van der Waals surface area contributed by atoms with Crippen molar-refractivity contribution in [1.29, 1.82) is 0 Å². The summed E-state index contributed by atoms with van der Waals surface area (Å²) in [6.07, 6.45) is 1.83. The van der Waals surface area contributed by atoms with Gasteiger partial charge in [0.05, 0.1) is 0 Å². The fraction of sp³-hybridized carbons (Fsp3) is 0.200. The molecule has 3 aromatic carbocycles. The third-order valence-electron chi connectivity index (χ3n) is 5.21. The summed E-state index contributed by atoms with van der Waals surface area (Å²) in [5.41, 5.74) is 4.29. The average Bonchev–Trinajstić information content (AvgIpc) is 2.77. The zero-order chi connectivity index (χ0) is 20.2. The van der Waals surface area contributed by atoms with Gasteiger partial charge in [0.15, 0.2) is 5.78 Å². The Balaban J connectivity index is 1.50. The van der Waals surface area contributed by atoms with Gasteiger partial charge in [-0.05, 0) is 61.2 Å². The van der Waals surface area contributed by atoms with Gasteiger partial charge >= 0.3 is 0 Å². The predicted molar refractivity (Wildman–Crippen MR) is 114 cm³/mol. The number of anilines is 1. The third kappa shape index (κ3) is 4.21. The highest BCUT2D eigenvalue weighted by Gasteiger charge is 2.24. The van der Waals surface area contributed by atoms with E-state index >= 15 is 0 Å². The van der Waals surface area contributed by atoms with Gasteiger partial charge in [-0.15, -0.1) is 0 Å². The quantitative estimate of drug-likeness (QED) is 0.577. The van der Waals surface area contributed by atoms with Gasteiger partial charge in [0.25, 0.3) is 5.91 Å². The summed E-state index contributed by atoms with van der Waals surface area (Å²) < 4.78 is 5.81. The van der Waals surface area contributed by atoms with Crippen LogP contribution < -0.4 is 9.64 Å². The first-order chi connectivity index (χ1) is 14.1. The Morgan fingerprint density at radius 2 is 1.66 bits per heavy atom. The largest absolute Gasteiger partial charge is 0.489 e. The molecule has 1 aliphatic heterocycles. The monoisotopic (exact) mass is 385 g/mol. The summed E-state index contributed by atoms with van der Waals surface area (Å²) in [6, 6.07) is 22.9.